The Bertz CT molecular complexity index is 2710. The zero-order valence-electron chi connectivity index (χ0n) is 23.7. The summed E-state index contributed by atoms with van der Waals surface area (Å²) in [6.45, 7) is 0. The number of fused-ring (bicyclic) bond motifs is 10. The molecule has 10 aromatic rings. The van der Waals surface area contributed by atoms with E-state index in [4.69, 9.17) is 8.83 Å². The van der Waals surface area contributed by atoms with E-state index >= 15 is 0 Å². The van der Waals surface area contributed by atoms with Gasteiger partial charge >= 0.3 is 0 Å². The molecule has 0 radical (unpaired) electrons. The van der Waals surface area contributed by atoms with Gasteiger partial charge < -0.3 is 8.83 Å². The van der Waals surface area contributed by atoms with Crippen LogP contribution in [0.4, 0.5) is 0 Å². The normalized spacial score (nSPS) is 12.1. The first kappa shape index (κ1) is 23.7. The minimum Gasteiger partial charge on any atom is -0.452 e. The molecule has 0 aliphatic carbocycles. The van der Waals surface area contributed by atoms with Crippen LogP contribution in [-0.4, -0.2) is 0 Å². The van der Waals surface area contributed by atoms with E-state index in [1.165, 1.54) is 49.0 Å². The van der Waals surface area contributed by atoms with Crippen molar-refractivity contribution in [1.82, 2.24) is 0 Å². The van der Waals surface area contributed by atoms with Gasteiger partial charge in [-0.05, 0) is 72.8 Å². The van der Waals surface area contributed by atoms with Crippen molar-refractivity contribution < 1.29 is 8.83 Å². The molecule has 204 valence electrons. The number of para-hydroxylation sites is 2. The first-order chi connectivity index (χ1) is 21.8. The SMILES string of the molecule is c1ccc2c(-c3c4ccccc4c(-c4cc5c6ccccc6oc5c5oc6ccccc6c45)c4ccccc34)cccc2c1. The molecule has 0 saturated heterocycles. The summed E-state index contributed by atoms with van der Waals surface area (Å²) < 4.78 is 13.1. The molecule has 0 fully saturated rings. The molecular weight excluding hydrogens is 536 g/mol. The highest BCUT2D eigenvalue weighted by molar-refractivity contribution is 6.30. The summed E-state index contributed by atoms with van der Waals surface area (Å²) in [6.07, 6.45) is 0. The zero-order valence-corrected chi connectivity index (χ0v) is 23.7. The lowest BCUT2D eigenvalue weighted by Gasteiger charge is -2.19. The van der Waals surface area contributed by atoms with Crippen molar-refractivity contribution in [3.05, 3.63) is 146 Å². The molecule has 0 unspecified atom stereocenters. The van der Waals surface area contributed by atoms with Crippen LogP contribution in [0.3, 0.4) is 0 Å². The van der Waals surface area contributed by atoms with E-state index in [0.29, 0.717) is 0 Å². The quantitative estimate of drug-likeness (QED) is 0.197. The van der Waals surface area contributed by atoms with Gasteiger partial charge in [0.1, 0.15) is 11.2 Å². The molecule has 2 heteroatoms. The standard InChI is InChI=1S/C42H24O2/c1-2-14-26-25(12-1)13-11-21-28(26)38-29-16-3-5-18-31(29)39(32-19-6-4-17-30(32)38)35-24-34-27-15-7-9-22-36(27)43-41(34)42-40(35)33-20-8-10-23-37(33)44-42/h1-24H. The first-order valence-corrected chi connectivity index (χ1v) is 15.0. The van der Waals surface area contributed by atoms with Crippen LogP contribution in [-0.2, 0) is 0 Å². The highest BCUT2D eigenvalue weighted by Crippen LogP contribution is 2.50. The molecule has 10 rings (SSSR count). The fraction of sp³-hybridized carbons (Fsp3) is 0. The molecule has 2 aromatic heterocycles. The number of rotatable bonds is 2. The summed E-state index contributed by atoms with van der Waals surface area (Å²) in [5, 5.41) is 11.7. The second-order valence-electron chi connectivity index (χ2n) is 11.6. The lowest BCUT2D eigenvalue weighted by molar-refractivity contribution is 0.633. The van der Waals surface area contributed by atoms with Crippen LogP contribution in [0.1, 0.15) is 0 Å². The summed E-state index contributed by atoms with van der Waals surface area (Å²) in [4.78, 5) is 0. The van der Waals surface area contributed by atoms with Crippen molar-refractivity contribution in [3.63, 3.8) is 0 Å². The average Bonchev–Trinajstić information content (AvgIpc) is 3.66. The first-order valence-electron chi connectivity index (χ1n) is 15.0. The van der Waals surface area contributed by atoms with Gasteiger partial charge in [0.2, 0.25) is 0 Å². The Morgan fingerprint density at radius 2 is 0.795 bits per heavy atom. The maximum absolute atomic E-state index is 6.63. The van der Waals surface area contributed by atoms with Gasteiger partial charge in [-0.15, -0.1) is 0 Å². The molecule has 0 aliphatic rings. The Morgan fingerprint density at radius 1 is 0.318 bits per heavy atom. The lowest BCUT2D eigenvalue weighted by Crippen LogP contribution is -1.92. The predicted molar refractivity (Wildman–Crippen MR) is 184 cm³/mol. The van der Waals surface area contributed by atoms with Gasteiger partial charge in [0.25, 0.3) is 0 Å². The Hall–Kier alpha value is -5.86. The molecular formula is C42H24O2. The molecule has 2 heterocycles. The van der Waals surface area contributed by atoms with Gasteiger partial charge in [0.15, 0.2) is 11.2 Å². The maximum atomic E-state index is 6.63. The molecule has 0 N–H and O–H groups in total. The van der Waals surface area contributed by atoms with Crippen molar-refractivity contribution in [1.29, 1.82) is 0 Å². The fourth-order valence-electron chi connectivity index (χ4n) is 7.42. The molecule has 0 bridgehead atoms. The fourth-order valence-corrected chi connectivity index (χ4v) is 7.42. The van der Waals surface area contributed by atoms with Crippen molar-refractivity contribution in [2.45, 2.75) is 0 Å². The minimum absolute atomic E-state index is 0.793. The van der Waals surface area contributed by atoms with Gasteiger partial charge in [0, 0.05) is 21.5 Å². The molecule has 0 saturated carbocycles. The molecule has 44 heavy (non-hydrogen) atoms. The summed E-state index contributed by atoms with van der Waals surface area (Å²) >= 11 is 0. The summed E-state index contributed by atoms with van der Waals surface area (Å²) in [6, 6.07) is 52.0. The Kier molecular flexibility index (Phi) is 4.75. The van der Waals surface area contributed by atoms with E-state index in [9.17, 15) is 0 Å². The van der Waals surface area contributed by atoms with Crippen LogP contribution in [0.5, 0.6) is 0 Å². The summed E-state index contributed by atoms with van der Waals surface area (Å²) in [7, 11) is 0. The smallest absolute Gasteiger partial charge is 0.179 e. The number of furan rings is 2. The molecule has 2 nitrogen and oxygen atoms in total. The van der Waals surface area contributed by atoms with Crippen LogP contribution in [0.15, 0.2) is 154 Å². The monoisotopic (exact) mass is 560 g/mol. The van der Waals surface area contributed by atoms with Gasteiger partial charge in [0.05, 0.1) is 0 Å². The van der Waals surface area contributed by atoms with Crippen LogP contribution in [0, 0.1) is 0 Å². The van der Waals surface area contributed by atoms with Crippen LogP contribution >= 0.6 is 0 Å². The van der Waals surface area contributed by atoms with Crippen LogP contribution in [0.2, 0.25) is 0 Å². The third kappa shape index (κ3) is 3.14. The summed E-state index contributed by atoms with van der Waals surface area (Å²) in [5.41, 5.74) is 8.19. The van der Waals surface area contributed by atoms with Crippen LogP contribution in [0.25, 0.3) is 98.4 Å². The van der Waals surface area contributed by atoms with E-state index in [1.54, 1.807) is 0 Å². The van der Waals surface area contributed by atoms with Gasteiger partial charge in [-0.3, -0.25) is 0 Å². The lowest BCUT2D eigenvalue weighted by atomic mass is 9.83. The maximum Gasteiger partial charge on any atom is 0.179 e. The third-order valence-electron chi connectivity index (χ3n) is 9.25. The third-order valence-corrected chi connectivity index (χ3v) is 9.25. The Labute approximate surface area is 252 Å². The van der Waals surface area contributed by atoms with E-state index in [-0.39, 0.29) is 0 Å². The molecule has 8 aromatic carbocycles. The number of benzene rings is 8. The van der Waals surface area contributed by atoms with E-state index < -0.39 is 0 Å². The van der Waals surface area contributed by atoms with Crippen molar-refractivity contribution in [2.24, 2.45) is 0 Å². The highest BCUT2D eigenvalue weighted by atomic mass is 16.4. The second kappa shape index (κ2) is 8.82. The van der Waals surface area contributed by atoms with Gasteiger partial charge in [-0.2, -0.15) is 0 Å². The predicted octanol–water partition coefficient (Wildman–Crippen LogP) is 12.3. The summed E-state index contributed by atoms with van der Waals surface area (Å²) in [5.74, 6) is 0. The average molecular weight is 561 g/mol. The van der Waals surface area contributed by atoms with Gasteiger partial charge in [-0.25, -0.2) is 0 Å². The largest absolute Gasteiger partial charge is 0.452 e. The van der Waals surface area contributed by atoms with E-state index in [2.05, 4.69) is 121 Å². The van der Waals surface area contributed by atoms with Crippen molar-refractivity contribution in [2.75, 3.05) is 0 Å². The van der Waals surface area contributed by atoms with E-state index in [0.717, 1.165) is 49.4 Å². The molecule has 0 amide bonds. The van der Waals surface area contributed by atoms with Crippen molar-refractivity contribution in [3.8, 4) is 22.3 Å². The Morgan fingerprint density at radius 3 is 1.48 bits per heavy atom. The molecule has 0 atom stereocenters. The topological polar surface area (TPSA) is 26.3 Å². The number of hydrogen-bond donors (Lipinski definition) is 0. The zero-order chi connectivity index (χ0) is 28.8. The number of hydrogen-bond acceptors (Lipinski definition) is 2. The molecule has 0 spiro atoms. The Balaban J connectivity index is 1.44. The van der Waals surface area contributed by atoms with E-state index in [1.807, 2.05) is 24.3 Å². The second-order valence-corrected chi connectivity index (χ2v) is 11.6. The van der Waals surface area contributed by atoms with Crippen molar-refractivity contribution >= 4 is 76.2 Å². The molecule has 0 aliphatic heterocycles. The minimum atomic E-state index is 0.793. The van der Waals surface area contributed by atoms with Gasteiger partial charge in [-0.1, -0.05) is 127 Å². The van der Waals surface area contributed by atoms with Crippen LogP contribution < -0.4 is 0 Å². The highest BCUT2D eigenvalue weighted by Gasteiger charge is 2.24.